The molecule has 1 heterocycles. The van der Waals surface area contributed by atoms with E-state index in [4.69, 9.17) is 9.47 Å². The van der Waals surface area contributed by atoms with Crippen molar-refractivity contribution in [1.29, 1.82) is 0 Å². The monoisotopic (exact) mass is 305 g/mol. The van der Waals surface area contributed by atoms with E-state index in [0.29, 0.717) is 5.92 Å². The van der Waals surface area contributed by atoms with E-state index in [-0.39, 0.29) is 12.5 Å². The Morgan fingerprint density at radius 1 is 1.32 bits per heavy atom. The topological polar surface area (TPSA) is 38.8 Å². The van der Waals surface area contributed by atoms with Crippen molar-refractivity contribution in [3.05, 3.63) is 29.3 Å². The number of carbonyl (C=O) groups is 1. The van der Waals surface area contributed by atoms with Gasteiger partial charge in [-0.25, -0.2) is 0 Å². The van der Waals surface area contributed by atoms with Crippen LogP contribution in [0.2, 0.25) is 0 Å². The van der Waals surface area contributed by atoms with Crippen molar-refractivity contribution >= 4 is 5.91 Å². The number of likely N-dealkylation sites (N-methyl/N-ethyl adjacent to an activating group) is 1. The minimum Gasteiger partial charge on any atom is -0.484 e. The normalized spacial score (nSPS) is 15.6. The number of rotatable bonds is 6. The van der Waals surface area contributed by atoms with Crippen LogP contribution >= 0.6 is 0 Å². The molecule has 1 aromatic rings. The quantitative estimate of drug-likeness (QED) is 0.811. The van der Waals surface area contributed by atoms with E-state index < -0.39 is 0 Å². The highest BCUT2D eigenvalue weighted by atomic mass is 16.5. The molecule has 1 fully saturated rings. The number of carbonyl (C=O) groups excluding carboxylic acids is 1. The average molecular weight is 305 g/mol. The molecule has 0 aliphatic carbocycles. The third-order valence-electron chi connectivity index (χ3n) is 4.32. The molecule has 0 unspecified atom stereocenters. The van der Waals surface area contributed by atoms with Crippen LogP contribution < -0.4 is 4.74 Å². The third-order valence-corrected chi connectivity index (χ3v) is 4.32. The molecular weight excluding hydrogens is 278 g/mol. The van der Waals surface area contributed by atoms with E-state index in [1.54, 1.807) is 4.90 Å². The van der Waals surface area contributed by atoms with E-state index in [9.17, 15) is 4.79 Å². The standard InChI is InChI=1S/C18H27NO3/c1-14-4-5-17(15(2)12-14)22-13-18(20)19(3)9-6-16-7-10-21-11-8-16/h4-5,12,16H,6-11,13H2,1-3H3. The van der Waals surface area contributed by atoms with E-state index in [2.05, 4.69) is 6.07 Å². The van der Waals surface area contributed by atoms with Crippen molar-refractivity contribution in [3.63, 3.8) is 0 Å². The Bertz CT molecular complexity index is 495. The van der Waals surface area contributed by atoms with Gasteiger partial charge in [0.15, 0.2) is 6.61 Å². The first-order valence-electron chi connectivity index (χ1n) is 8.08. The van der Waals surface area contributed by atoms with Gasteiger partial charge in [0.25, 0.3) is 5.91 Å². The van der Waals surface area contributed by atoms with Gasteiger partial charge < -0.3 is 14.4 Å². The largest absolute Gasteiger partial charge is 0.484 e. The van der Waals surface area contributed by atoms with Crippen molar-refractivity contribution in [2.75, 3.05) is 33.4 Å². The van der Waals surface area contributed by atoms with Gasteiger partial charge in [-0.3, -0.25) is 4.79 Å². The summed E-state index contributed by atoms with van der Waals surface area (Å²) in [5.74, 6) is 1.51. The van der Waals surface area contributed by atoms with Crippen molar-refractivity contribution in [3.8, 4) is 5.75 Å². The Morgan fingerprint density at radius 2 is 2.05 bits per heavy atom. The lowest BCUT2D eigenvalue weighted by Gasteiger charge is -2.25. The second-order valence-corrected chi connectivity index (χ2v) is 6.22. The first-order valence-corrected chi connectivity index (χ1v) is 8.08. The van der Waals surface area contributed by atoms with Crippen LogP contribution in [-0.2, 0) is 9.53 Å². The SMILES string of the molecule is Cc1ccc(OCC(=O)N(C)CCC2CCOCC2)c(C)c1. The van der Waals surface area contributed by atoms with E-state index in [1.165, 1.54) is 5.56 Å². The maximum Gasteiger partial charge on any atom is 0.260 e. The summed E-state index contributed by atoms with van der Waals surface area (Å²) < 4.78 is 11.0. The van der Waals surface area contributed by atoms with Crippen LogP contribution in [0.5, 0.6) is 5.75 Å². The maximum atomic E-state index is 12.1. The Morgan fingerprint density at radius 3 is 2.73 bits per heavy atom. The van der Waals surface area contributed by atoms with Crippen LogP contribution in [0.25, 0.3) is 0 Å². The van der Waals surface area contributed by atoms with Gasteiger partial charge in [0.2, 0.25) is 0 Å². The summed E-state index contributed by atoms with van der Waals surface area (Å²) in [5, 5.41) is 0. The number of aryl methyl sites for hydroxylation is 2. The zero-order valence-corrected chi connectivity index (χ0v) is 13.9. The molecule has 22 heavy (non-hydrogen) atoms. The molecule has 0 saturated carbocycles. The summed E-state index contributed by atoms with van der Waals surface area (Å²) in [5.41, 5.74) is 2.27. The third kappa shape index (κ3) is 5.02. The summed E-state index contributed by atoms with van der Waals surface area (Å²) in [4.78, 5) is 13.9. The molecule has 1 amide bonds. The predicted molar refractivity (Wildman–Crippen MR) is 87.2 cm³/mol. The van der Waals surface area contributed by atoms with Crippen LogP contribution in [0, 0.1) is 19.8 Å². The van der Waals surface area contributed by atoms with Gasteiger partial charge >= 0.3 is 0 Å². The number of benzene rings is 1. The summed E-state index contributed by atoms with van der Waals surface area (Å²) in [6.07, 6.45) is 3.28. The van der Waals surface area contributed by atoms with Crippen LogP contribution in [-0.4, -0.2) is 44.2 Å². The molecule has 1 saturated heterocycles. The van der Waals surface area contributed by atoms with Crippen molar-refractivity contribution < 1.29 is 14.3 Å². The van der Waals surface area contributed by atoms with E-state index in [1.807, 2.05) is 33.0 Å². The first kappa shape index (κ1) is 16.8. The molecule has 0 aromatic heterocycles. The van der Waals surface area contributed by atoms with E-state index in [0.717, 1.165) is 50.3 Å². The van der Waals surface area contributed by atoms with Gasteiger partial charge in [-0.15, -0.1) is 0 Å². The zero-order chi connectivity index (χ0) is 15.9. The fourth-order valence-electron chi connectivity index (χ4n) is 2.75. The van der Waals surface area contributed by atoms with Crippen molar-refractivity contribution in [1.82, 2.24) is 4.90 Å². The molecule has 4 nitrogen and oxygen atoms in total. The number of nitrogens with zero attached hydrogens (tertiary/aromatic N) is 1. The molecule has 0 N–H and O–H groups in total. The Labute approximate surface area is 133 Å². The Hall–Kier alpha value is -1.55. The Kier molecular flexibility index (Phi) is 6.25. The minimum atomic E-state index is 0.0343. The summed E-state index contributed by atoms with van der Waals surface area (Å²) in [6.45, 7) is 6.66. The first-order chi connectivity index (χ1) is 10.6. The molecule has 1 aliphatic heterocycles. The fourth-order valence-corrected chi connectivity index (χ4v) is 2.75. The zero-order valence-electron chi connectivity index (χ0n) is 13.9. The fraction of sp³-hybridized carbons (Fsp3) is 0.611. The lowest BCUT2D eigenvalue weighted by atomic mass is 9.96. The number of amides is 1. The number of hydrogen-bond donors (Lipinski definition) is 0. The highest BCUT2D eigenvalue weighted by Gasteiger charge is 2.16. The van der Waals surface area contributed by atoms with Crippen LogP contribution in [0.1, 0.15) is 30.4 Å². The van der Waals surface area contributed by atoms with Gasteiger partial charge in [0.05, 0.1) is 0 Å². The summed E-state index contributed by atoms with van der Waals surface area (Å²) in [7, 11) is 1.85. The van der Waals surface area contributed by atoms with Crippen LogP contribution in [0.3, 0.4) is 0 Å². The molecule has 1 aromatic carbocycles. The van der Waals surface area contributed by atoms with Gasteiger partial charge in [-0.2, -0.15) is 0 Å². The predicted octanol–water partition coefficient (Wildman–Crippen LogP) is 2.96. The molecule has 0 bridgehead atoms. The Balaban J connectivity index is 1.73. The van der Waals surface area contributed by atoms with Crippen molar-refractivity contribution in [2.45, 2.75) is 33.1 Å². The second-order valence-electron chi connectivity index (χ2n) is 6.22. The average Bonchev–Trinajstić information content (AvgIpc) is 2.52. The van der Waals surface area contributed by atoms with Gasteiger partial charge in [-0.05, 0) is 50.7 Å². The molecule has 2 rings (SSSR count). The maximum absolute atomic E-state index is 12.1. The molecule has 122 valence electrons. The van der Waals surface area contributed by atoms with E-state index >= 15 is 0 Å². The molecule has 0 radical (unpaired) electrons. The molecular formula is C18H27NO3. The van der Waals surface area contributed by atoms with Gasteiger partial charge in [0, 0.05) is 26.8 Å². The summed E-state index contributed by atoms with van der Waals surface area (Å²) >= 11 is 0. The minimum absolute atomic E-state index is 0.0343. The molecule has 1 aliphatic rings. The molecule has 4 heteroatoms. The van der Waals surface area contributed by atoms with Crippen LogP contribution in [0.15, 0.2) is 18.2 Å². The lowest BCUT2D eigenvalue weighted by molar-refractivity contribution is -0.132. The molecule has 0 atom stereocenters. The van der Waals surface area contributed by atoms with Gasteiger partial charge in [-0.1, -0.05) is 17.7 Å². The van der Waals surface area contributed by atoms with Crippen molar-refractivity contribution in [2.24, 2.45) is 5.92 Å². The summed E-state index contributed by atoms with van der Waals surface area (Å²) in [6, 6.07) is 6.00. The number of hydrogen-bond acceptors (Lipinski definition) is 3. The highest BCUT2D eigenvalue weighted by Crippen LogP contribution is 2.20. The highest BCUT2D eigenvalue weighted by molar-refractivity contribution is 5.77. The lowest BCUT2D eigenvalue weighted by Crippen LogP contribution is -2.33. The smallest absolute Gasteiger partial charge is 0.260 e. The number of ether oxygens (including phenoxy) is 2. The second kappa shape index (κ2) is 8.18. The van der Waals surface area contributed by atoms with Gasteiger partial charge in [0.1, 0.15) is 5.75 Å². The van der Waals surface area contributed by atoms with Crippen LogP contribution in [0.4, 0.5) is 0 Å². The molecule has 0 spiro atoms.